The number of rotatable bonds is 4. The van der Waals surface area contributed by atoms with Crippen molar-refractivity contribution in [3.05, 3.63) is 0 Å². The topological polar surface area (TPSA) is 32.3 Å². The third-order valence-corrected chi connectivity index (χ3v) is 4.43. The lowest BCUT2D eigenvalue weighted by Gasteiger charge is -2.35. The van der Waals surface area contributed by atoms with E-state index in [1.807, 2.05) is 7.05 Å². The van der Waals surface area contributed by atoms with Crippen LogP contribution in [0.2, 0.25) is 0 Å². The van der Waals surface area contributed by atoms with E-state index in [1.54, 1.807) is 0 Å². The number of amides is 1. The summed E-state index contributed by atoms with van der Waals surface area (Å²) in [5.41, 5.74) is 0. The molecule has 1 aliphatic heterocycles. The van der Waals surface area contributed by atoms with Gasteiger partial charge in [0.1, 0.15) is 0 Å². The second-order valence-corrected chi connectivity index (χ2v) is 5.59. The van der Waals surface area contributed by atoms with Gasteiger partial charge in [-0.2, -0.15) is 0 Å². The highest BCUT2D eigenvalue weighted by Crippen LogP contribution is 2.27. The summed E-state index contributed by atoms with van der Waals surface area (Å²) >= 11 is 0. The molecule has 3 heteroatoms. The van der Waals surface area contributed by atoms with E-state index < -0.39 is 0 Å². The van der Waals surface area contributed by atoms with Gasteiger partial charge in [0.05, 0.1) is 0 Å². The Balaban J connectivity index is 1.86. The third-order valence-electron chi connectivity index (χ3n) is 4.43. The predicted octanol–water partition coefficient (Wildman–Crippen LogP) is 2.17. The zero-order valence-corrected chi connectivity index (χ0v) is 11.1. The molecule has 1 heterocycles. The number of piperidine rings is 1. The van der Waals surface area contributed by atoms with Gasteiger partial charge in [-0.05, 0) is 38.6 Å². The fourth-order valence-corrected chi connectivity index (χ4v) is 3.30. The summed E-state index contributed by atoms with van der Waals surface area (Å²) in [6, 6.07) is 0.511. The molecule has 0 aromatic carbocycles. The van der Waals surface area contributed by atoms with E-state index >= 15 is 0 Å². The molecule has 0 radical (unpaired) electrons. The van der Waals surface area contributed by atoms with Crippen LogP contribution in [-0.4, -0.2) is 37.0 Å². The number of likely N-dealkylation sites (tertiary alicyclic amines) is 1. The van der Waals surface area contributed by atoms with Crippen LogP contribution in [0.5, 0.6) is 0 Å². The van der Waals surface area contributed by atoms with E-state index in [1.165, 1.54) is 38.5 Å². The van der Waals surface area contributed by atoms with Crippen LogP contribution in [-0.2, 0) is 4.79 Å². The first-order valence-corrected chi connectivity index (χ1v) is 7.26. The van der Waals surface area contributed by atoms with Crippen molar-refractivity contribution in [3.8, 4) is 0 Å². The molecule has 2 rings (SSSR count). The highest BCUT2D eigenvalue weighted by molar-refractivity contribution is 5.76. The van der Waals surface area contributed by atoms with E-state index in [-0.39, 0.29) is 0 Å². The molecule has 2 fully saturated rings. The first-order chi connectivity index (χ1) is 8.31. The summed E-state index contributed by atoms with van der Waals surface area (Å²) < 4.78 is 0. The Morgan fingerprint density at radius 3 is 2.65 bits per heavy atom. The molecule has 0 bridgehead atoms. The molecule has 0 spiro atoms. The lowest BCUT2D eigenvalue weighted by Crippen LogP contribution is -2.48. The van der Waals surface area contributed by atoms with Crippen molar-refractivity contribution in [2.24, 2.45) is 5.92 Å². The largest absolute Gasteiger partial charge is 0.341 e. The molecule has 2 aliphatic rings. The second-order valence-electron chi connectivity index (χ2n) is 5.59. The predicted molar refractivity (Wildman–Crippen MR) is 69.9 cm³/mol. The van der Waals surface area contributed by atoms with Gasteiger partial charge in [0, 0.05) is 25.6 Å². The molecule has 3 nitrogen and oxygen atoms in total. The van der Waals surface area contributed by atoms with Crippen LogP contribution in [0.4, 0.5) is 0 Å². The first kappa shape index (κ1) is 12.9. The highest BCUT2D eigenvalue weighted by atomic mass is 16.2. The summed E-state index contributed by atoms with van der Waals surface area (Å²) in [4.78, 5) is 13.9. The number of hydrogen-bond acceptors (Lipinski definition) is 2. The zero-order chi connectivity index (χ0) is 12.1. The van der Waals surface area contributed by atoms with Gasteiger partial charge in [-0.3, -0.25) is 4.79 Å². The van der Waals surface area contributed by atoms with Crippen LogP contribution in [0.15, 0.2) is 0 Å². The number of hydrogen-bond donors (Lipinski definition) is 1. The highest BCUT2D eigenvalue weighted by Gasteiger charge is 2.27. The van der Waals surface area contributed by atoms with Gasteiger partial charge < -0.3 is 10.2 Å². The molecule has 0 aromatic rings. The van der Waals surface area contributed by atoms with Gasteiger partial charge >= 0.3 is 0 Å². The average Bonchev–Trinajstić information content (AvgIpc) is 2.39. The van der Waals surface area contributed by atoms with Crippen LogP contribution in [0.3, 0.4) is 0 Å². The zero-order valence-electron chi connectivity index (χ0n) is 11.1. The van der Waals surface area contributed by atoms with Crippen molar-refractivity contribution < 1.29 is 4.79 Å². The van der Waals surface area contributed by atoms with E-state index in [4.69, 9.17) is 0 Å². The van der Waals surface area contributed by atoms with Crippen molar-refractivity contribution in [3.63, 3.8) is 0 Å². The molecule has 1 amide bonds. The molecule has 98 valence electrons. The third kappa shape index (κ3) is 3.44. The number of carbonyl (C=O) groups excluding carboxylic acids is 1. The van der Waals surface area contributed by atoms with Gasteiger partial charge in [-0.15, -0.1) is 0 Å². The first-order valence-electron chi connectivity index (χ1n) is 7.26. The molecular weight excluding hydrogens is 212 g/mol. The Bertz CT molecular complexity index is 249. The van der Waals surface area contributed by atoms with Crippen molar-refractivity contribution in [1.29, 1.82) is 0 Å². The minimum atomic E-state index is 0.368. The van der Waals surface area contributed by atoms with Crippen molar-refractivity contribution in [2.75, 3.05) is 20.1 Å². The van der Waals surface area contributed by atoms with Gasteiger partial charge in [0.15, 0.2) is 0 Å². The second kappa shape index (κ2) is 6.39. The minimum Gasteiger partial charge on any atom is -0.341 e. The number of likely N-dealkylation sites (N-methyl/N-ethyl adjacent to an activating group) is 1. The van der Waals surface area contributed by atoms with E-state index in [9.17, 15) is 4.79 Å². The van der Waals surface area contributed by atoms with Crippen molar-refractivity contribution >= 4 is 5.91 Å². The minimum absolute atomic E-state index is 0.368. The molecule has 1 unspecified atom stereocenters. The summed E-state index contributed by atoms with van der Waals surface area (Å²) in [6.07, 6.45) is 9.86. The van der Waals surface area contributed by atoms with Gasteiger partial charge in [0.2, 0.25) is 5.91 Å². The molecule has 1 saturated heterocycles. The van der Waals surface area contributed by atoms with E-state index in [0.717, 1.165) is 31.8 Å². The Morgan fingerprint density at radius 2 is 2.00 bits per heavy atom. The number of nitrogens with zero attached hydrogens (tertiary/aromatic N) is 1. The van der Waals surface area contributed by atoms with Crippen LogP contribution >= 0.6 is 0 Å². The van der Waals surface area contributed by atoms with Crippen LogP contribution in [0.25, 0.3) is 0 Å². The van der Waals surface area contributed by atoms with Crippen LogP contribution < -0.4 is 5.32 Å². The molecule has 1 atom stereocenters. The summed E-state index contributed by atoms with van der Waals surface area (Å²) in [5.74, 6) is 1.15. The fourth-order valence-electron chi connectivity index (χ4n) is 3.30. The van der Waals surface area contributed by atoms with Gasteiger partial charge in [0.25, 0.3) is 0 Å². The lowest BCUT2D eigenvalue weighted by atomic mass is 9.83. The smallest absolute Gasteiger partial charge is 0.222 e. The fraction of sp³-hybridized carbons (Fsp3) is 0.929. The van der Waals surface area contributed by atoms with Gasteiger partial charge in [-0.25, -0.2) is 0 Å². The lowest BCUT2D eigenvalue weighted by molar-refractivity contribution is -0.133. The maximum absolute atomic E-state index is 11.8. The Morgan fingerprint density at radius 1 is 1.24 bits per heavy atom. The van der Waals surface area contributed by atoms with E-state index in [2.05, 4.69) is 10.2 Å². The maximum atomic E-state index is 11.8. The quantitative estimate of drug-likeness (QED) is 0.814. The Kier molecular flexibility index (Phi) is 4.84. The summed E-state index contributed by atoms with van der Waals surface area (Å²) in [5, 5.41) is 3.45. The van der Waals surface area contributed by atoms with Crippen molar-refractivity contribution in [2.45, 2.75) is 57.4 Å². The molecule has 1 aliphatic carbocycles. The molecule has 1 N–H and O–H groups in total. The number of nitrogens with one attached hydrogen (secondary N) is 1. The SMILES string of the molecule is CNC(CN1CCCCC1=O)C1CCCCC1. The monoisotopic (exact) mass is 238 g/mol. The Labute approximate surface area is 105 Å². The van der Waals surface area contributed by atoms with Gasteiger partial charge in [-0.1, -0.05) is 19.3 Å². The van der Waals surface area contributed by atoms with E-state index in [0.29, 0.717) is 11.9 Å². The summed E-state index contributed by atoms with van der Waals surface area (Å²) in [6.45, 7) is 1.91. The molecule has 17 heavy (non-hydrogen) atoms. The maximum Gasteiger partial charge on any atom is 0.222 e. The average molecular weight is 238 g/mol. The van der Waals surface area contributed by atoms with Crippen molar-refractivity contribution in [1.82, 2.24) is 10.2 Å². The molecule has 0 aromatic heterocycles. The standard InChI is InChI=1S/C14H26N2O/c1-15-13(12-7-3-2-4-8-12)11-16-10-6-5-9-14(16)17/h12-13,15H,2-11H2,1H3. The van der Waals surface area contributed by atoms with Crippen LogP contribution in [0, 0.1) is 5.92 Å². The molecule has 1 saturated carbocycles. The normalized spacial score (nSPS) is 25.0. The molecular formula is C14H26N2O. The van der Waals surface area contributed by atoms with Crippen LogP contribution in [0.1, 0.15) is 51.4 Å². The number of carbonyl (C=O) groups is 1. The Hall–Kier alpha value is -0.570. The summed E-state index contributed by atoms with van der Waals surface area (Å²) in [7, 11) is 2.05.